The van der Waals surface area contributed by atoms with Gasteiger partial charge < -0.3 is 29.2 Å². The lowest BCUT2D eigenvalue weighted by atomic mass is 10.1. The molecule has 19 heteroatoms. The molecule has 0 atom stereocenters. The molecule has 7 rings (SSSR count). The number of ether oxygens (including phenoxy) is 4. The number of thioether (sulfide) groups is 6. The van der Waals surface area contributed by atoms with Crippen LogP contribution in [0.2, 0.25) is 0 Å². The molecule has 1 amide bonds. The standard InChI is InChI=1S/C21H35NOS.C16H26OS.C14H22O2S.C12H18OS.C9H10N2S.C7H3F5S/c1-3-4-5-6-7-8-9-10-11-12-13-17-21(23)22-19-15-14-16-20(18-19)24-2;1-4-5-6-7-8-9-12-17-15-11-10-14(2)13-16(15)18-3;1-4-5-8-15-9-10-16-13-7-6-12(2)11-14(13)17-3;1-4-5-8-13-11-7-6-10(2)9-12(11)14-3;1-6-3-4-7-8(5-6)11-9(10-7)12-2;1-13-7-5(11)3(9)2(8)4(10)6(7)12/h14-16,18H,3-13,17H2,1-2H3,(H,22,23);10-11,13H,4-9,12H2,1-3H3;6-7,11H,4-5,8-10H2,1-3H3;6-7,9H,4-5,8H2,1-3H3;3-5H,1-2H3,(H,10,11);1H3. The number of fused-ring (bicyclic) bond motifs is 1. The topological polar surface area (TPSA) is 94.7 Å². The Morgan fingerprint density at radius 3 is 1.30 bits per heavy atom. The Morgan fingerprint density at radius 1 is 0.418 bits per heavy atom. The SMILES string of the molecule is CCCCCCCCCCCCCC(=O)Nc1cccc(SC)c1.CCCCCCCCOc1ccc(C)cc1SC.CCCCOCCOc1ccc(C)cc1SC.CCCCOc1ccc(C)cc1SC.CSc1c(F)c(F)c(F)c(F)c1F.CSc1nc2ccc(C)cc2[nH]1. The second-order valence-electron chi connectivity index (χ2n) is 23.5. The van der Waals surface area contributed by atoms with Crippen LogP contribution in [0.25, 0.3) is 11.0 Å². The number of imidazole rings is 1. The summed E-state index contributed by atoms with van der Waals surface area (Å²) in [5.41, 5.74) is 8.20. The molecular weight excluding hydrogens is 1360 g/mol. The zero-order valence-electron chi connectivity index (χ0n) is 61.2. The molecule has 0 saturated carbocycles. The number of nitrogens with zero attached hydrogens (tertiary/aromatic N) is 1. The number of amides is 1. The van der Waals surface area contributed by atoms with Gasteiger partial charge in [-0.25, -0.2) is 26.9 Å². The Labute approximate surface area is 612 Å². The van der Waals surface area contributed by atoms with E-state index in [1.165, 1.54) is 164 Å². The molecule has 0 aliphatic carbocycles. The van der Waals surface area contributed by atoms with Gasteiger partial charge in [-0.1, -0.05) is 179 Å². The van der Waals surface area contributed by atoms with Crippen molar-refractivity contribution in [2.45, 2.75) is 226 Å². The second-order valence-corrected chi connectivity index (χ2v) is 28.6. The highest BCUT2D eigenvalue weighted by Crippen LogP contribution is 2.32. The number of carbonyl (C=O) groups excluding carboxylic acids is 1. The van der Waals surface area contributed by atoms with Crippen LogP contribution in [0.3, 0.4) is 0 Å². The summed E-state index contributed by atoms with van der Waals surface area (Å²) in [4.78, 5) is 23.6. The summed E-state index contributed by atoms with van der Waals surface area (Å²) in [7, 11) is 0. The fraction of sp³-hybridized carbons (Fsp3) is 0.519. The molecule has 0 saturated heterocycles. The van der Waals surface area contributed by atoms with Crippen LogP contribution in [0.1, 0.15) is 191 Å². The van der Waals surface area contributed by atoms with Crippen molar-refractivity contribution < 1.29 is 45.7 Å². The zero-order chi connectivity index (χ0) is 72.3. The molecule has 0 fully saturated rings. The molecule has 7 aromatic rings. The number of benzene rings is 6. The van der Waals surface area contributed by atoms with Gasteiger partial charge >= 0.3 is 0 Å². The maximum atomic E-state index is 12.7. The minimum absolute atomic E-state index is 0.143. The fourth-order valence-corrected chi connectivity index (χ4v) is 12.8. The Balaban J connectivity index is 0.000000406. The van der Waals surface area contributed by atoms with E-state index in [2.05, 4.69) is 156 Å². The van der Waals surface area contributed by atoms with Crippen LogP contribution in [0.5, 0.6) is 17.2 Å². The monoisotopic (exact) mass is 1470 g/mol. The predicted octanol–water partition coefficient (Wildman–Crippen LogP) is 26.0. The average molecular weight is 1470 g/mol. The molecule has 0 spiro atoms. The van der Waals surface area contributed by atoms with Crippen LogP contribution in [0, 0.1) is 56.8 Å². The van der Waals surface area contributed by atoms with Crippen molar-refractivity contribution in [3.63, 3.8) is 0 Å². The number of carbonyl (C=O) groups is 1. The van der Waals surface area contributed by atoms with E-state index < -0.39 is 34.0 Å². The van der Waals surface area contributed by atoms with Gasteiger partial charge in [-0.3, -0.25) is 4.79 Å². The largest absolute Gasteiger partial charge is 0.492 e. The van der Waals surface area contributed by atoms with Crippen LogP contribution >= 0.6 is 70.6 Å². The summed E-state index contributed by atoms with van der Waals surface area (Å²) in [6.45, 7) is 21.1. The first-order valence-corrected chi connectivity index (χ1v) is 42.1. The van der Waals surface area contributed by atoms with Crippen molar-refractivity contribution >= 4 is 93.2 Å². The van der Waals surface area contributed by atoms with E-state index >= 15 is 0 Å². The summed E-state index contributed by atoms with van der Waals surface area (Å²) in [6.07, 6.45) is 39.1. The third kappa shape index (κ3) is 37.9. The van der Waals surface area contributed by atoms with E-state index in [9.17, 15) is 26.7 Å². The number of aromatic nitrogens is 2. The number of unbranched alkanes of at least 4 members (excludes halogenated alkanes) is 17. The lowest BCUT2D eigenvalue weighted by molar-refractivity contribution is -0.116. The minimum atomic E-state index is -2.13. The number of aromatic amines is 1. The summed E-state index contributed by atoms with van der Waals surface area (Å²) in [5.74, 6) is -6.36. The number of hydrogen-bond acceptors (Lipinski definition) is 12. The molecule has 0 bridgehead atoms. The Kier molecular flexibility index (Phi) is 51.1. The van der Waals surface area contributed by atoms with E-state index in [4.69, 9.17) is 18.9 Å². The molecule has 1 heterocycles. The summed E-state index contributed by atoms with van der Waals surface area (Å²) < 4.78 is 85.3. The van der Waals surface area contributed by atoms with Crippen LogP contribution in [-0.2, 0) is 9.53 Å². The van der Waals surface area contributed by atoms with E-state index in [0.717, 1.165) is 78.2 Å². The molecule has 2 N–H and O–H groups in total. The first-order valence-electron chi connectivity index (χ1n) is 34.8. The normalized spacial score (nSPS) is 10.6. The van der Waals surface area contributed by atoms with Crippen molar-refractivity contribution in [1.29, 1.82) is 0 Å². The third-order valence-corrected chi connectivity index (χ3v) is 19.5. The summed E-state index contributed by atoms with van der Waals surface area (Å²) in [6, 6.07) is 33.3. The molecule has 546 valence electrons. The lowest BCUT2D eigenvalue weighted by Crippen LogP contribution is -2.10. The molecule has 0 unspecified atom stereocenters. The summed E-state index contributed by atoms with van der Waals surface area (Å²) >= 11 is 9.01. The van der Waals surface area contributed by atoms with E-state index in [0.29, 0.717) is 31.4 Å². The molecule has 0 radical (unpaired) electrons. The zero-order valence-corrected chi connectivity index (χ0v) is 66.1. The van der Waals surface area contributed by atoms with Gasteiger partial charge in [0.05, 0.1) is 35.7 Å². The van der Waals surface area contributed by atoms with Crippen LogP contribution in [0.4, 0.5) is 27.6 Å². The van der Waals surface area contributed by atoms with E-state index in [-0.39, 0.29) is 5.91 Å². The second kappa shape index (κ2) is 56.0. The molecule has 98 heavy (non-hydrogen) atoms. The van der Waals surface area contributed by atoms with Crippen molar-refractivity contribution in [1.82, 2.24) is 9.97 Å². The molecular formula is C79H114F5N3O5S6. The van der Waals surface area contributed by atoms with Gasteiger partial charge in [0.15, 0.2) is 28.4 Å². The summed E-state index contributed by atoms with van der Waals surface area (Å²) in [5, 5.41) is 3.98. The maximum Gasteiger partial charge on any atom is 0.224 e. The van der Waals surface area contributed by atoms with Gasteiger partial charge in [0.1, 0.15) is 23.9 Å². The van der Waals surface area contributed by atoms with Crippen LogP contribution < -0.4 is 19.5 Å². The van der Waals surface area contributed by atoms with Crippen LogP contribution in [0.15, 0.2) is 127 Å². The van der Waals surface area contributed by atoms with E-state index in [1.54, 1.807) is 58.8 Å². The minimum Gasteiger partial charge on any atom is -0.492 e. The van der Waals surface area contributed by atoms with Crippen molar-refractivity contribution in [2.75, 3.05) is 75.9 Å². The average Bonchev–Trinajstić information content (AvgIpc) is 0.978. The van der Waals surface area contributed by atoms with Gasteiger partial charge in [-0.05, 0) is 180 Å². The highest BCUT2D eigenvalue weighted by molar-refractivity contribution is 7.99. The number of H-pyrrole nitrogens is 1. The molecule has 8 nitrogen and oxygen atoms in total. The van der Waals surface area contributed by atoms with E-state index in [1.807, 2.05) is 42.8 Å². The van der Waals surface area contributed by atoms with Crippen LogP contribution in [-0.4, -0.2) is 86.4 Å². The van der Waals surface area contributed by atoms with Crippen molar-refractivity contribution in [3.8, 4) is 17.2 Å². The van der Waals surface area contributed by atoms with Crippen molar-refractivity contribution in [2.24, 2.45) is 0 Å². The first kappa shape index (κ1) is 89.5. The van der Waals surface area contributed by atoms with Gasteiger partial charge in [0, 0.05) is 38.3 Å². The molecule has 0 aliphatic rings. The van der Waals surface area contributed by atoms with Crippen molar-refractivity contribution in [3.05, 3.63) is 148 Å². The lowest BCUT2D eigenvalue weighted by Gasteiger charge is -2.11. The third-order valence-electron chi connectivity index (χ3n) is 15.1. The maximum absolute atomic E-state index is 12.7. The number of aryl methyl sites for hydroxylation is 4. The van der Waals surface area contributed by atoms with Gasteiger partial charge in [-0.15, -0.1) is 58.8 Å². The number of anilines is 1. The number of halogens is 5. The quantitative estimate of drug-likeness (QED) is 0.0127. The Bertz CT molecular complexity index is 3240. The number of hydrogen-bond donors (Lipinski definition) is 2. The Hall–Kier alpha value is -4.63. The smallest absolute Gasteiger partial charge is 0.224 e. The van der Waals surface area contributed by atoms with Gasteiger partial charge in [0.25, 0.3) is 0 Å². The highest BCUT2D eigenvalue weighted by Gasteiger charge is 2.25. The number of rotatable bonds is 38. The highest BCUT2D eigenvalue weighted by atomic mass is 32.2. The number of nitrogens with one attached hydrogen (secondary N) is 2. The first-order chi connectivity index (χ1) is 47.4. The molecule has 1 aromatic heterocycles. The Morgan fingerprint density at radius 2 is 0.837 bits per heavy atom. The van der Waals surface area contributed by atoms with Gasteiger partial charge in [-0.2, -0.15) is 0 Å². The predicted molar refractivity (Wildman–Crippen MR) is 418 cm³/mol. The fourth-order valence-electron chi connectivity index (χ4n) is 9.47. The molecule has 0 aliphatic heterocycles. The molecule has 6 aromatic carbocycles. The van der Waals surface area contributed by atoms with Gasteiger partial charge in [0.2, 0.25) is 11.7 Å².